The number of rotatable bonds is 4. The van der Waals surface area contributed by atoms with E-state index in [9.17, 15) is 19.8 Å². The maximum Gasteiger partial charge on any atom is 0.345 e. The molecule has 8 heteroatoms. The van der Waals surface area contributed by atoms with E-state index in [-0.39, 0.29) is 12.4 Å². The summed E-state index contributed by atoms with van der Waals surface area (Å²) in [6, 6.07) is 6.94. The van der Waals surface area contributed by atoms with Crippen LogP contribution in [0.15, 0.2) is 23.0 Å². The van der Waals surface area contributed by atoms with Gasteiger partial charge in [-0.15, -0.1) is 12.4 Å². The molecule has 2 aliphatic rings. The average molecular weight is 430 g/mol. The predicted octanol–water partition coefficient (Wildman–Crippen LogP) is 3.10. The molecular formula is C22H24ClN3O4. The van der Waals surface area contributed by atoms with Gasteiger partial charge in [0.15, 0.2) is 5.56 Å². The summed E-state index contributed by atoms with van der Waals surface area (Å²) in [5.74, 6) is -1.83. The van der Waals surface area contributed by atoms with Gasteiger partial charge in [-0.05, 0) is 49.4 Å². The lowest BCUT2D eigenvalue weighted by Crippen LogP contribution is -2.34. The summed E-state index contributed by atoms with van der Waals surface area (Å²) in [5.41, 5.74) is 3.93. The molecule has 0 unspecified atom stereocenters. The van der Waals surface area contributed by atoms with Crippen LogP contribution in [0.2, 0.25) is 0 Å². The topological polar surface area (TPSA) is 107 Å². The minimum absolute atomic E-state index is 0. The fourth-order valence-corrected chi connectivity index (χ4v) is 4.52. The number of nitrogens with zero attached hydrogens (tertiary/aromatic N) is 1. The number of aromatic carboxylic acids is 1. The summed E-state index contributed by atoms with van der Waals surface area (Å²) in [7, 11) is 2.07. The van der Waals surface area contributed by atoms with Crippen molar-refractivity contribution in [1.29, 1.82) is 0 Å². The van der Waals surface area contributed by atoms with E-state index in [1.807, 2.05) is 6.07 Å². The Labute approximate surface area is 179 Å². The van der Waals surface area contributed by atoms with Gasteiger partial charge in [-0.1, -0.05) is 6.42 Å². The van der Waals surface area contributed by atoms with Gasteiger partial charge >= 0.3 is 5.97 Å². The van der Waals surface area contributed by atoms with Gasteiger partial charge in [-0.25, -0.2) is 4.79 Å². The quantitative estimate of drug-likeness (QED) is 0.509. The average Bonchev–Trinajstić information content (AvgIpc) is 2.94. The molecule has 5 rings (SSSR count). The van der Waals surface area contributed by atoms with E-state index in [4.69, 9.17) is 0 Å². The number of benzene rings is 1. The molecule has 0 spiro atoms. The Hall–Kier alpha value is -2.77. The number of aromatic amines is 1. The van der Waals surface area contributed by atoms with Crippen LogP contribution in [-0.4, -0.2) is 31.8 Å². The molecule has 1 fully saturated rings. The Morgan fingerprint density at radius 3 is 2.70 bits per heavy atom. The predicted molar refractivity (Wildman–Crippen MR) is 117 cm³/mol. The van der Waals surface area contributed by atoms with E-state index in [1.54, 1.807) is 0 Å². The van der Waals surface area contributed by atoms with Gasteiger partial charge in [0.1, 0.15) is 5.75 Å². The first-order chi connectivity index (χ1) is 13.9. The molecule has 0 aliphatic heterocycles. The molecule has 1 saturated carbocycles. The Balaban J connectivity index is 0.00000218. The van der Waals surface area contributed by atoms with Crippen molar-refractivity contribution >= 4 is 29.3 Å². The molecule has 2 aromatic heterocycles. The van der Waals surface area contributed by atoms with Crippen LogP contribution in [0, 0.1) is 0 Å². The molecule has 2 aliphatic carbocycles. The number of aromatic nitrogens is 2. The number of halogens is 1. The maximum absolute atomic E-state index is 12.3. The number of pyridine rings is 1. The second kappa shape index (κ2) is 7.49. The zero-order chi connectivity index (χ0) is 20.3. The minimum atomic E-state index is -1.42. The monoisotopic (exact) mass is 429 g/mol. The van der Waals surface area contributed by atoms with E-state index in [2.05, 4.69) is 34.0 Å². The Morgan fingerprint density at radius 1 is 1.27 bits per heavy atom. The molecule has 4 N–H and O–H groups in total. The van der Waals surface area contributed by atoms with Gasteiger partial charge in [-0.2, -0.15) is 0 Å². The van der Waals surface area contributed by atoms with Crippen LogP contribution in [0.3, 0.4) is 0 Å². The summed E-state index contributed by atoms with van der Waals surface area (Å²) in [5, 5.41) is 24.3. The smallest absolute Gasteiger partial charge is 0.345 e. The molecule has 0 bridgehead atoms. The fourth-order valence-electron chi connectivity index (χ4n) is 4.52. The van der Waals surface area contributed by atoms with Crippen molar-refractivity contribution in [3.05, 3.63) is 50.9 Å². The van der Waals surface area contributed by atoms with Crippen molar-refractivity contribution in [3.63, 3.8) is 0 Å². The highest BCUT2D eigenvalue weighted by Crippen LogP contribution is 2.39. The molecule has 1 aromatic carbocycles. The zero-order valence-electron chi connectivity index (χ0n) is 16.6. The first kappa shape index (κ1) is 20.5. The zero-order valence-corrected chi connectivity index (χ0v) is 17.4. The number of carboxylic acids is 1. The normalized spacial score (nSPS) is 15.2. The summed E-state index contributed by atoms with van der Waals surface area (Å²) in [4.78, 5) is 26.3. The lowest BCUT2D eigenvalue weighted by Gasteiger charge is -2.26. The molecule has 30 heavy (non-hydrogen) atoms. The number of hydrogen-bond donors (Lipinski definition) is 4. The highest BCUT2D eigenvalue weighted by Gasteiger charge is 2.27. The summed E-state index contributed by atoms with van der Waals surface area (Å²) >= 11 is 0. The van der Waals surface area contributed by atoms with E-state index >= 15 is 0 Å². The highest BCUT2D eigenvalue weighted by molar-refractivity contribution is 5.94. The van der Waals surface area contributed by atoms with Gasteiger partial charge < -0.3 is 25.1 Å². The molecule has 2 heterocycles. The minimum Gasteiger partial charge on any atom is -0.506 e. The lowest BCUT2D eigenvalue weighted by atomic mass is 9.87. The molecule has 7 nitrogen and oxygen atoms in total. The SMILES string of the molecule is Cl.Cn1c(CNC2CCC2)cc2cc3c(cc21)CCc1c-3[nH]c(=O)c(C(=O)O)c1O. The Morgan fingerprint density at radius 2 is 2.03 bits per heavy atom. The Bertz CT molecular complexity index is 1220. The van der Waals surface area contributed by atoms with Crippen molar-refractivity contribution in [2.24, 2.45) is 7.05 Å². The van der Waals surface area contributed by atoms with E-state index in [0.717, 1.165) is 28.6 Å². The molecule has 0 saturated heterocycles. The molecule has 0 atom stereocenters. The summed E-state index contributed by atoms with van der Waals surface area (Å²) < 4.78 is 2.20. The molecule has 158 valence electrons. The lowest BCUT2D eigenvalue weighted by molar-refractivity contribution is 0.0691. The molecule has 0 radical (unpaired) electrons. The van der Waals surface area contributed by atoms with Crippen LogP contribution in [-0.2, 0) is 26.4 Å². The molecule has 0 amide bonds. The second-order valence-corrected chi connectivity index (χ2v) is 8.11. The third kappa shape index (κ3) is 3.09. The standard InChI is InChI=1S/C22H23N3O4.ClH/c1-25-14(10-23-13-3-2-4-13)7-12-8-16-11(9-17(12)25)5-6-15-19(16)24-21(27)18(20(15)26)22(28)29;/h7-9,13,23H,2-6,10H2,1H3,(H,28,29)(H2,24,26,27);1H. The number of hydrogen-bond acceptors (Lipinski definition) is 4. The number of fused-ring (bicyclic) bond motifs is 4. The third-order valence-electron chi connectivity index (χ3n) is 6.46. The number of aromatic hydroxyl groups is 1. The van der Waals surface area contributed by atoms with Crippen LogP contribution < -0.4 is 10.9 Å². The van der Waals surface area contributed by atoms with E-state index < -0.39 is 22.8 Å². The van der Waals surface area contributed by atoms with Crippen molar-refractivity contribution < 1.29 is 15.0 Å². The number of carboxylic acid groups (broad SMARTS) is 1. The van der Waals surface area contributed by atoms with Gasteiger partial charge in [0.25, 0.3) is 5.56 Å². The number of H-pyrrole nitrogens is 1. The molecule has 3 aromatic rings. The summed E-state index contributed by atoms with van der Waals surface area (Å²) in [6.07, 6.45) is 4.94. The van der Waals surface area contributed by atoms with Crippen LogP contribution in [0.4, 0.5) is 0 Å². The van der Waals surface area contributed by atoms with Gasteiger partial charge in [0.05, 0.1) is 5.69 Å². The largest absolute Gasteiger partial charge is 0.506 e. The first-order valence-electron chi connectivity index (χ1n) is 10.0. The van der Waals surface area contributed by atoms with Crippen LogP contribution >= 0.6 is 12.4 Å². The number of aryl methyl sites for hydroxylation is 2. The van der Waals surface area contributed by atoms with E-state index in [1.165, 1.54) is 25.0 Å². The number of carbonyl (C=O) groups is 1. The van der Waals surface area contributed by atoms with Crippen molar-refractivity contribution in [1.82, 2.24) is 14.9 Å². The summed E-state index contributed by atoms with van der Waals surface area (Å²) in [6.45, 7) is 0.816. The molecular weight excluding hydrogens is 406 g/mol. The van der Waals surface area contributed by atoms with Gasteiger partial charge in [0.2, 0.25) is 0 Å². The van der Waals surface area contributed by atoms with Crippen molar-refractivity contribution in [2.45, 2.75) is 44.7 Å². The van der Waals surface area contributed by atoms with Crippen molar-refractivity contribution in [2.75, 3.05) is 0 Å². The van der Waals surface area contributed by atoms with Crippen molar-refractivity contribution in [3.8, 4) is 17.0 Å². The first-order valence-corrected chi connectivity index (χ1v) is 10.0. The Kier molecular flexibility index (Phi) is 5.11. The van der Waals surface area contributed by atoms with Crippen LogP contribution in [0.5, 0.6) is 5.75 Å². The third-order valence-corrected chi connectivity index (χ3v) is 6.46. The van der Waals surface area contributed by atoms with Crippen LogP contribution in [0.1, 0.15) is 46.4 Å². The van der Waals surface area contributed by atoms with Gasteiger partial charge in [0, 0.05) is 47.4 Å². The van der Waals surface area contributed by atoms with Gasteiger partial charge in [-0.3, -0.25) is 4.79 Å². The highest BCUT2D eigenvalue weighted by atomic mass is 35.5. The second-order valence-electron chi connectivity index (χ2n) is 8.11. The van der Waals surface area contributed by atoms with Crippen LogP contribution in [0.25, 0.3) is 22.2 Å². The van der Waals surface area contributed by atoms with E-state index in [0.29, 0.717) is 30.1 Å². The number of nitrogens with one attached hydrogen (secondary N) is 2. The maximum atomic E-state index is 12.3. The fraction of sp³-hybridized carbons (Fsp3) is 0.364.